The van der Waals surface area contributed by atoms with Crippen molar-refractivity contribution in [2.24, 2.45) is 4.99 Å². The summed E-state index contributed by atoms with van der Waals surface area (Å²) in [6.07, 6.45) is 1.72. The van der Waals surface area contributed by atoms with Crippen LogP contribution in [0.5, 0.6) is 0 Å². The van der Waals surface area contributed by atoms with Crippen molar-refractivity contribution in [2.45, 2.75) is 6.92 Å². The number of halogens is 1. The number of aliphatic imine (C=N–C) groups is 1. The SMILES string of the molecule is C/C=C1/N=C(c2ccc(Cl)cc2)SC1=O. The highest BCUT2D eigenvalue weighted by Gasteiger charge is 2.22. The molecule has 0 bridgehead atoms. The molecule has 0 saturated carbocycles. The summed E-state index contributed by atoms with van der Waals surface area (Å²) in [7, 11) is 0. The minimum Gasteiger partial charge on any atom is -0.279 e. The van der Waals surface area contributed by atoms with Gasteiger partial charge in [0.05, 0.1) is 0 Å². The Morgan fingerprint density at radius 1 is 1.33 bits per heavy atom. The number of rotatable bonds is 1. The van der Waals surface area contributed by atoms with Gasteiger partial charge in [0.25, 0.3) is 0 Å². The predicted octanol–water partition coefficient (Wildman–Crippen LogP) is 3.26. The number of thioether (sulfide) groups is 1. The molecule has 0 radical (unpaired) electrons. The van der Waals surface area contributed by atoms with E-state index in [1.807, 2.05) is 19.1 Å². The minimum absolute atomic E-state index is 0.00227. The molecule has 2 rings (SSSR count). The van der Waals surface area contributed by atoms with E-state index in [1.54, 1.807) is 18.2 Å². The molecule has 0 spiro atoms. The van der Waals surface area contributed by atoms with Crippen LogP contribution in [0.2, 0.25) is 5.02 Å². The van der Waals surface area contributed by atoms with E-state index in [1.165, 1.54) is 0 Å². The van der Waals surface area contributed by atoms with Gasteiger partial charge in [-0.3, -0.25) is 4.79 Å². The van der Waals surface area contributed by atoms with E-state index in [4.69, 9.17) is 11.6 Å². The van der Waals surface area contributed by atoms with Gasteiger partial charge in [0.2, 0.25) is 5.12 Å². The molecule has 0 fully saturated rings. The van der Waals surface area contributed by atoms with Gasteiger partial charge in [-0.05, 0) is 30.8 Å². The zero-order valence-corrected chi connectivity index (χ0v) is 9.60. The third kappa shape index (κ3) is 2.13. The van der Waals surface area contributed by atoms with Crippen molar-refractivity contribution < 1.29 is 4.79 Å². The maximum Gasteiger partial charge on any atom is 0.243 e. The van der Waals surface area contributed by atoms with Crippen LogP contribution >= 0.6 is 23.4 Å². The van der Waals surface area contributed by atoms with Crippen LogP contribution in [-0.4, -0.2) is 10.2 Å². The van der Waals surface area contributed by atoms with Crippen molar-refractivity contribution in [1.82, 2.24) is 0 Å². The van der Waals surface area contributed by atoms with E-state index in [0.717, 1.165) is 22.4 Å². The summed E-state index contributed by atoms with van der Waals surface area (Å²) < 4.78 is 0. The largest absolute Gasteiger partial charge is 0.279 e. The van der Waals surface area contributed by atoms with E-state index in [0.29, 0.717) is 10.7 Å². The van der Waals surface area contributed by atoms with Crippen molar-refractivity contribution in [3.63, 3.8) is 0 Å². The van der Waals surface area contributed by atoms with Crippen LogP contribution in [-0.2, 0) is 4.79 Å². The first-order chi connectivity index (χ1) is 7.20. The number of hydrogen-bond donors (Lipinski definition) is 0. The second kappa shape index (κ2) is 4.21. The van der Waals surface area contributed by atoms with Gasteiger partial charge in [-0.15, -0.1) is 0 Å². The molecule has 4 heteroatoms. The van der Waals surface area contributed by atoms with Gasteiger partial charge in [-0.25, -0.2) is 4.99 Å². The lowest BCUT2D eigenvalue weighted by molar-refractivity contribution is -0.107. The first-order valence-electron chi connectivity index (χ1n) is 4.44. The van der Waals surface area contributed by atoms with Crippen LogP contribution in [0.3, 0.4) is 0 Å². The monoisotopic (exact) mass is 237 g/mol. The zero-order valence-electron chi connectivity index (χ0n) is 8.03. The Bertz CT molecular complexity index is 462. The smallest absolute Gasteiger partial charge is 0.243 e. The second-order valence-corrected chi connectivity index (χ2v) is 4.39. The third-order valence-electron chi connectivity index (χ3n) is 1.99. The molecule has 15 heavy (non-hydrogen) atoms. The molecule has 0 unspecified atom stereocenters. The van der Waals surface area contributed by atoms with Gasteiger partial charge in [0, 0.05) is 10.6 Å². The number of allylic oxidation sites excluding steroid dienone is 1. The first-order valence-corrected chi connectivity index (χ1v) is 5.63. The molecule has 0 amide bonds. The number of benzene rings is 1. The van der Waals surface area contributed by atoms with E-state index in [2.05, 4.69) is 4.99 Å². The third-order valence-corrected chi connectivity index (χ3v) is 3.15. The number of nitrogens with zero attached hydrogens (tertiary/aromatic N) is 1. The van der Waals surface area contributed by atoms with E-state index in [-0.39, 0.29) is 5.12 Å². The number of carbonyl (C=O) groups is 1. The Kier molecular flexibility index (Phi) is 2.93. The van der Waals surface area contributed by atoms with Crippen LogP contribution in [0.25, 0.3) is 0 Å². The molecular formula is C11H8ClNOS. The van der Waals surface area contributed by atoms with Gasteiger partial charge in [-0.2, -0.15) is 0 Å². The number of carbonyl (C=O) groups excluding carboxylic acids is 1. The second-order valence-electron chi connectivity index (χ2n) is 2.99. The molecule has 2 nitrogen and oxygen atoms in total. The summed E-state index contributed by atoms with van der Waals surface area (Å²) in [5.74, 6) is 0. The molecule has 0 atom stereocenters. The Morgan fingerprint density at radius 2 is 2.00 bits per heavy atom. The molecule has 1 aromatic rings. The van der Waals surface area contributed by atoms with Crippen LogP contribution < -0.4 is 0 Å². The lowest BCUT2D eigenvalue weighted by Crippen LogP contribution is -1.91. The molecule has 76 valence electrons. The summed E-state index contributed by atoms with van der Waals surface area (Å²) in [6, 6.07) is 7.30. The maximum atomic E-state index is 11.4. The van der Waals surface area contributed by atoms with Crippen molar-refractivity contribution in [3.05, 3.63) is 46.6 Å². The fourth-order valence-corrected chi connectivity index (χ4v) is 2.18. The van der Waals surface area contributed by atoms with E-state index < -0.39 is 0 Å². The molecule has 0 aliphatic carbocycles. The average molecular weight is 238 g/mol. The Hall–Kier alpha value is -1.06. The van der Waals surface area contributed by atoms with Crippen LogP contribution in [0.1, 0.15) is 12.5 Å². The van der Waals surface area contributed by atoms with Crippen LogP contribution in [0.4, 0.5) is 0 Å². The lowest BCUT2D eigenvalue weighted by atomic mass is 10.2. The standard InChI is InChI=1S/C11H8ClNOS/c1-2-9-11(14)15-10(13-9)7-3-5-8(12)6-4-7/h2-6H,1H3/b9-2+. The zero-order chi connectivity index (χ0) is 10.8. The van der Waals surface area contributed by atoms with E-state index >= 15 is 0 Å². The molecule has 0 saturated heterocycles. The fourth-order valence-electron chi connectivity index (χ4n) is 1.22. The van der Waals surface area contributed by atoms with Crippen molar-refractivity contribution in [1.29, 1.82) is 0 Å². The fraction of sp³-hybridized carbons (Fsp3) is 0.0909. The number of hydrogen-bond acceptors (Lipinski definition) is 3. The molecule has 0 N–H and O–H groups in total. The molecule has 1 heterocycles. The summed E-state index contributed by atoms with van der Waals surface area (Å²) in [5.41, 5.74) is 1.44. The molecule has 1 aromatic carbocycles. The molecule has 1 aliphatic heterocycles. The summed E-state index contributed by atoms with van der Waals surface area (Å²) in [4.78, 5) is 15.6. The van der Waals surface area contributed by atoms with Gasteiger partial charge in [0.15, 0.2) is 0 Å². The Labute approximate surface area is 97.0 Å². The van der Waals surface area contributed by atoms with Gasteiger partial charge in [0.1, 0.15) is 10.7 Å². The highest BCUT2D eigenvalue weighted by atomic mass is 35.5. The average Bonchev–Trinajstić information content (AvgIpc) is 2.61. The van der Waals surface area contributed by atoms with E-state index in [9.17, 15) is 4.79 Å². The topological polar surface area (TPSA) is 29.4 Å². The summed E-state index contributed by atoms with van der Waals surface area (Å²) in [5, 5.41) is 1.42. The first kappa shape index (κ1) is 10.5. The Balaban J connectivity index is 2.34. The Morgan fingerprint density at radius 3 is 2.53 bits per heavy atom. The molecule has 0 aromatic heterocycles. The van der Waals surface area contributed by atoms with Crippen LogP contribution in [0.15, 0.2) is 41.0 Å². The maximum absolute atomic E-state index is 11.4. The van der Waals surface area contributed by atoms with Gasteiger partial charge < -0.3 is 0 Å². The minimum atomic E-state index is 0.00227. The lowest BCUT2D eigenvalue weighted by Gasteiger charge is -1.97. The molecular weight excluding hydrogens is 230 g/mol. The van der Waals surface area contributed by atoms with Crippen molar-refractivity contribution >= 4 is 33.5 Å². The summed E-state index contributed by atoms with van der Waals surface area (Å²) >= 11 is 6.93. The van der Waals surface area contributed by atoms with Gasteiger partial charge >= 0.3 is 0 Å². The predicted molar refractivity (Wildman–Crippen MR) is 64.3 cm³/mol. The normalized spacial score (nSPS) is 18.4. The summed E-state index contributed by atoms with van der Waals surface area (Å²) in [6.45, 7) is 1.81. The highest BCUT2D eigenvalue weighted by molar-refractivity contribution is 8.27. The van der Waals surface area contributed by atoms with Crippen LogP contribution in [0, 0.1) is 0 Å². The quantitative estimate of drug-likeness (QED) is 0.702. The van der Waals surface area contributed by atoms with Crippen molar-refractivity contribution in [2.75, 3.05) is 0 Å². The van der Waals surface area contributed by atoms with Gasteiger partial charge in [-0.1, -0.05) is 29.8 Å². The van der Waals surface area contributed by atoms with Crippen molar-refractivity contribution in [3.8, 4) is 0 Å². The highest BCUT2D eigenvalue weighted by Crippen LogP contribution is 2.27. The molecule has 1 aliphatic rings.